The summed E-state index contributed by atoms with van der Waals surface area (Å²) in [7, 11) is 1.65. The van der Waals surface area contributed by atoms with Crippen LogP contribution in [0.3, 0.4) is 0 Å². The fourth-order valence-corrected chi connectivity index (χ4v) is 2.12. The number of carbonyl (C=O) groups is 1. The monoisotopic (exact) mass is 327 g/mol. The molecule has 1 saturated heterocycles. The zero-order valence-electron chi connectivity index (χ0n) is 12.0. The fourth-order valence-electron chi connectivity index (χ4n) is 2.12. The molecule has 0 atom stereocenters. The average Bonchev–Trinajstić information content (AvgIpc) is 2.88. The molecule has 2 aromatic rings. The standard InChI is InChI=1S/C13H12F3N5O2/c1-20-7-10(18-19-20)12(22)21-5-9(6-21)23-8-2-3-17-11(4-8)13(14,15)16/h2-4,7,9H,5-6H2,1H3. The van der Waals surface area contributed by atoms with E-state index in [1.807, 2.05) is 0 Å². The number of hydrogen-bond acceptors (Lipinski definition) is 5. The van der Waals surface area contributed by atoms with Crippen LogP contribution in [0.1, 0.15) is 16.2 Å². The van der Waals surface area contributed by atoms with E-state index in [0.717, 1.165) is 12.3 Å². The summed E-state index contributed by atoms with van der Waals surface area (Å²) in [6.45, 7) is 0.554. The number of aromatic nitrogens is 4. The molecule has 1 fully saturated rings. The maximum Gasteiger partial charge on any atom is 0.433 e. The quantitative estimate of drug-likeness (QED) is 0.845. The third kappa shape index (κ3) is 3.25. The van der Waals surface area contributed by atoms with Gasteiger partial charge in [-0.15, -0.1) is 5.10 Å². The van der Waals surface area contributed by atoms with Crippen molar-refractivity contribution in [1.29, 1.82) is 0 Å². The van der Waals surface area contributed by atoms with Crippen LogP contribution in [-0.4, -0.2) is 50.0 Å². The van der Waals surface area contributed by atoms with Gasteiger partial charge in [0.2, 0.25) is 0 Å². The molecule has 3 rings (SSSR count). The van der Waals surface area contributed by atoms with E-state index in [2.05, 4.69) is 15.3 Å². The van der Waals surface area contributed by atoms with E-state index in [-0.39, 0.29) is 36.5 Å². The first kappa shape index (κ1) is 15.3. The van der Waals surface area contributed by atoms with E-state index in [0.29, 0.717) is 0 Å². The van der Waals surface area contributed by atoms with Gasteiger partial charge in [0, 0.05) is 19.3 Å². The number of rotatable bonds is 3. The van der Waals surface area contributed by atoms with Crippen molar-refractivity contribution in [3.05, 3.63) is 35.9 Å². The van der Waals surface area contributed by atoms with Crippen molar-refractivity contribution in [1.82, 2.24) is 24.9 Å². The maximum atomic E-state index is 12.6. The van der Waals surface area contributed by atoms with Crippen LogP contribution in [0.15, 0.2) is 24.5 Å². The minimum Gasteiger partial charge on any atom is -0.487 e. The predicted octanol–water partition coefficient (Wildman–Crippen LogP) is 1.13. The van der Waals surface area contributed by atoms with Crippen LogP contribution >= 0.6 is 0 Å². The van der Waals surface area contributed by atoms with Crippen molar-refractivity contribution in [3.8, 4) is 5.75 Å². The smallest absolute Gasteiger partial charge is 0.433 e. The van der Waals surface area contributed by atoms with E-state index >= 15 is 0 Å². The van der Waals surface area contributed by atoms with Crippen molar-refractivity contribution < 1.29 is 22.7 Å². The topological polar surface area (TPSA) is 73.1 Å². The summed E-state index contributed by atoms with van der Waals surface area (Å²) in [4.78, 5) is 16.8. The van der Waals surface area contributed by atoms with Gasteiger partial charge in [-0.1, -0.05) is 5.21 Å². The summed E-state index contributed by atoms with van der Waals surface area (Å²) in [5.41, 5.74) is -0.795. The first-order valence-electron chi connectivity index (χ1n) is 6.68. The molecule has 7 nitrogen and oxygen atoms in total. The van der Waals surface area contributed by atoms with Crippen LogP contribution in [0.4, 0.5) is 13.2 Å². The number of hydrogen-bond donors (Lipinski definition) is 0. The van der Waals surface area contributed by atoms with E-state index in [1.54, 1.807) is 7.05 Å². The predicted molar refractivity (Wildman–Crippen MR) is 70.6 cm³/mol. The summed E-state index contributed by atoms with van der Waals surface area (Å²) in [6, 6.07) is 2.19. The summed E-state index contributed by atoms with van der Waals surface area (Å²) in [5, 5.41) is 7.39. The molecule has 0 N–H and O–H groups in total. The number of amides is 1. The van der Waals surface area contributed by atoms with Crippen molar-refractivity contribution in [3.63, 3.8) is 0 Å². The van der Waals surface area contributed by atoms with Crippen LogP contribution in [0.25, 0.3) is 0 Å². The summed E-state index contributed by atoms with van der Waals surface area (Å²) in [6.07, 6.45) is -2.35. The van der Waals surface area contributed by atoms with Crippen molar-refractivity contribution in [2.45, 2.75) is 12.3 Å². The van der Waals surface area contributed by atoms with Gasteiger partial charge in [0.05, 0.1) is 19.3 Å². The van der Waals surface area contributed by atoms with Crippen LogP contribution in [0.5, 0.6) is 5.75 Å². The molecule has 1 aliphatic rings. The molecule has 122 valence electrons. The van der Waals surface area contributed by atoms with E-state index in [4.69, 9.17) is 4.74 Å². The van der Waals surface area contributed by atoms with Crippen molar-refractivity contribution >= 4 is 5.91 Å². The lowest BCUT2D eigenvalue weighted by atomic mass is 10.1. The molecular weight excluding hydrogens is 315 g/mol. The molecule has 0 radical (unpaired) electrons. The normalized spacial score (nSPS) is 15.4. The second kappa shape index (κ2) is 5.52. The van der Waals surface area contributed by atoms with Crippen LogP contribution in [-0.2, 0) is 13.2 Å². The Labute approximate surface area is 128 Å². The van der Waals surface area contributed by atoms with Gasteiger partial charge in [-0.3, -0.25) is 14.5 Å². The molecule has 2 aromatic heterocycles. The first-order valence-corrected chi connectivity index (χ1v) is 6.68. The van der Waals surface area contributed by atoms with Gasteiger partial charge in [0.25, 0.3) is 5.91 Å². The zero-order chi connectivity index (χ0) is 16.6. The average molecular weight is 327 g/mol. The highest BCUT2D eigenvalue weighted by atomic mass is 19.4. The highest BCUT2D eigenvalue weighted by Gasteiger charge is 2.35. The third-order valence-corrected chi connectivity index (χ3v) is 3.28. The van der Waals surface area contributed by atoms with E-state index in [1.165, 1.54) is 21.8 Å². The molecule has 1 aliphatic heterocycles. The van der Waals surface area contributed by atoms with Gasteiger partial charge in [-0.25, -0.2) is 0 Å². The lowest BCUT2D eigenvalue weighted by Crippen LogP contribution is -2.56. The molecule has 0 unspecified atom stereocenters. The molecular formula is C13H12F3N5O2. The van der Waals surface area contributed by atoms with Crippen LogP contribution < -0.4 is 4.74 Å². The third-order valence-electron chi connectivity index (χ3n) is 3.28. The molecule has 0 aliphatic carbocycles. The minimum absolute atomic E-state index is 0.0731. The molecule has 0 spiro atoms. The van der Waals surface area contributed by atoms with E-state index in [9.17, 15) is 18.0 Å². The largest absolute Gasteiger partial charge is 0.487 e. The lowest BCUT2D eigenvalue weighted by molar-refractivity contribution is -0.141. The van der Waals surface area contributed by atoms with Crippen LogP contribution in [0.2, 0.25) is 0 Å². The van der Waals surface area contributed by atoms with E-state index < -0.39 is 11.9 Å². The Morgan fingerprint density at radius 2 is 2.13 bits per heavy atom. The second-order valence-corrected chi connectivity index (χ2v) is 5.10. The highest BCUT2D eigenvalue weighted by Crippen LogP contribution is 2.30. The van der Waals surface area contributed by atoms with Gasteiger partial charge >= 0.3 is 6.18 Å². The Balaban J connectivity index is 1.57. The second-order valence-electron chi connectivity index (χ2n) is 5.10. The highest BCUT2D eigenvalue weighted by molar-refractivity contribution is 5.92. The zero-order valence-corrected chi connectivity index (χ0v) is 12.0. The molecule has 1 amide bonds. The number of ether oxygens (including phenoxy) is 1. The molecule has 3 heterocycles. The van der Waals surface area contributed by atoms with Crippen molar-refractivity contribution in [2.24, 2.45) is 7.05 Å². The molecule has 0 bridgehead atoms. The number of halogens is 3. The summed E-state index contributed by atoms with van der Waals surface area (Å²) >= 11 is 0. The van der Waals surface area contributed by atoms with Gasteiger partial charge in [-0.05, 0) is 6.07 Å². The molecule has 0 aromatic carbocycles. The van der Waals surface area contributed by atoms with Gasteiger partial charge in [0.1, 0.15) is 17.5 Å². The first-order chi connectivity index (χ1) is 10.8. The minimum atomic E-state index is -4.52. The Bertz CT molecular complexity index is 724. The number of aryl methyl sites for hydroxylation is 1. The maximum absolute atomic E-state index is 12.6. The Hall–Kier alpha value is -2.65. The molecule has 10 heteroatoms. The molecule has 23 heavy (non-hydrogen) atoms. The summed E-state index contributed by atoms with van der Waals surface area (Å²) < 4.78 is 44.6. The molecule has 0 saturated carbocycles. The van der Waals surface area contributed by atoms with Gasteiger partial charge in [-0.2, -0.15) is 13.2 Å². The Kier molecular flexibility index (Phi) is 3.66. The number of pyridine rings is 1. The number of likely N-dealkylation sites (tertiary alicyclic amines) is 1. The Morgan fingerprint density at radius 1 is 1.39 bits per heavy atom. The van der Waals surface area contributed by atoms with Crippen molar-refractivity contribution in [2.75, 3.05) is 13.1 Å². The summed E-state index contributed by atoms with van der Waals surface area (Å²) in [5.74, 6) is -0.215. The fraction of sp³-hybridized carbons (Fsp3) is 0.385. The SMILES string of the molecule is Cn1cc(C(=O)N2CC(Oc3ccnc(C(F)(F)F)c3)C2)nn1. The van der Waals surface area contributed by atoms with Crippen LogP contribution in [0, 0.1) is 0 Å². The Morgan fingerprint density at radius 3 is 2.74 bits per heavy atom. The van der Waals surface area contributed by atoms with Gasteiger partial charge < -0.3 is 9.64 Å². The lowest BCUT2D eigenvalue weighted by Gasteiger charge is -2.38. The number of alkyl halides is 3. The van der Waals surface area contributed by atoms with Gasteiger partial charge in [0.15, 0.2) is 5.69 Å². The number of nitrogens with zero attached hydrogens (tertiary/aromatic N) is 5. The number of carbonyl (C=O) groups excluding carboxylic acids is 1.